The highest BCUT2D eigenvalue weighted by Crippen LogP contribution is 2.12. The van der Waals surface area contributed by atoms with E-state index in [0.717, 1.165) is 5.69 Å². The lowest BCUT2D eigenvalue weighted by atomic mass is 10.1. The summed E-state index contributed by atoms with van der Waals surface area (Å²) in [4.78, 5) is 27.9. The summed E-state index contributed by atoms with van der Waals surface area (Å²) in [5.74, 6) is -0.0179. The molecule has 1 aromatic carbocycles. The topological polar surface area (TPSA) is 83.4 Å². The van der Waals surface area contributed by atoms with Crippen molar-refractivity contribution in [1.82, 2.24) is 30.1 Å². The molecular formula is C16H20N6O2. The van der Waals surface area contributed by atoms with Gasteiger partial charge >= 0.3 is 6.03 Å². The summed E-state index contributed by atoms with van der Waals surface area (Å²) in [6, 6.07) is 7.19. The molecule has 0 aliphatic carbocycles. The number of carbonyl (C=O) groups is 2. The Hall–Kier alpha value is -2.90. The molecule has 1 N–H and O–H groups in total. The maximum Gasteiger partial charge on any atom is 0.317 e. The summed E-state index contributed by atoms with van der Waals surface area (Å²) < 4.78 is 1.64. The van der Waals surface area contributed by atoms with Gasteiger partial charge in [-0.3, -0.25) is 4.79 Å². The molecule has 8 heteroatoms. The van der Waals surface area contributed by atoms with Gasteiger partial charge in [-0.25, -0.2) is 9.48 Å². The number of piperazine rings is 1. The molecule has 8 nitrogen and oxygen atoms in total. The van der Waals surface area contributed by atoms with Crippen molar-refractivity contribution < 1.29 is 9.59 Å². The first-order chi connectivity index (χ1) is 11.7. The monoisotopic (exact) mass is 328 g/mol. The van der Waals surface area contributed by atoms with Gasteiger partial charge in [0, 0.05) is 38.3 Å². The molecule has 0 saturated carbocycles. The van der Waals surface area contributed by atoms with Crippen LogP contribution >= 0.6 is 0 Å². The molecule has 0 unspecified atom stereocenters. The van der Waals surface area contributed by atoms with Crippen LogP contribution in [-0.2, 0) is 0 Å². The maximum atomic E-state index is 12.6. The number of carbonyl (C=O) groups excluding carboxylic acids is 2. The zero-order chi connectivity index (χ0) is 16.9. The molecule has 0 spiro atoms. The van der Waals surface area contributed by atoms with Crippen LogP contribution in [0.3, 0.4) is 0 Å². The highest BCUT2D eigenvalue weighted by atomic mass is 16.2. The van der Waals surface area contributed by atoms with Crippen LogP contribution in [0.4, 0.5) is 4.79 Å². The van der Waals surface area contributed by atoms with Crippen LogP contribution in [0.2, 0.25) is 0 Å². The quantitative estimate of drug-likeness (QED) is 0.901. The number of hydrogen-bond acceptors (Lipinski definition) is 4. The molecular weight excluding hydrogens is 308 g/mol. The number of benzene rings is 1. The molecule has 3 rings (SSSR count). The first kappa shape index (κ1) is 16.0. The molecule has 0 radical (unpaired) electrons. The minimum Gasteiger partial charge on any atom is -0.338 e. The molecule has 1 saturated heterocycles. The average molecular weight is 328 g/mol. The van der Waals surface area contributed by atoms with Crippen molar-refractivity contribution in [3.8, 4) is 5.69 Å². The highest BCUT2D eigenvalue weighted by molar-refractivity contribution is 5.94. The van der Waals surface area contributed by atoms with E-state index in [9.17, 15) is 9.59 Å². The van der Waals surface area contributed by atoms with E-state index in [0.29, 0.717) is 38.3 Å². The van der Waals surface area contributed by atoms with Crippen LogP contribution in [0, 0.1) is 0 Å². The summed E-state index contributed by atoms with van der Waals surface area (Å²) in [7, 11) is 0. The maximum absolute atomic E-state index is 12.6. The second-order valence-corrected chi connectivity index (χ2v) is 5.51. The van der Waals surface area contributed by atoms with E-state index >= 15 is 0 Å². The van der Waals surface area contributed by atoms with E-state index in [4.69, 9.17) is 0 Å². The van der Waals surface area contributed by atoms with E-state index < -0.39 is 0 Å². The fourth-order valence-corrected chi connectivity index (χ4v) is 2.66. The van der Waals surface area contributed by atoms with Gasteiger partial charge in [0.05, 0.1) is 18.1 Å². The molecule has 1 aliphatic rings. The molecule has 24 heavy (non-hydrogen) atoms. The predicted octanol–water partition coefficient (Wildman–Crippen LogP) is 0.755. The molecule has 0 atom stereocenters. The van der Waals surface area contributed by atoms with Crippen molar-refractivity contribution in [2.45, 2.75) is 6.92 Å². The molecule has 3 amide bonds. The van der Waals surface area contributed by atoms with Crippen LogP contribution in [-0.4, -0.2) is 69.5 Å². The second-order valence-electron chi connectivity index (χ2n) is 5.51. The zero-order valence-electron chi connectivity index (χ0n) is 13.6. The first-order valence-electron chi connectivity index (χ1n) is 7.98. The largest absolute Gasteiger partial charge is 0.338 e. The minimum atomic E-state index is -0.0678. The predicted molar refractivity (Wildman–Crippen MR) is 87.9 cm³/mol. The van der Waals surface area contributed by atoms with Gasteiger partial charge in [0.15, 0.2) is 0 Å². The molecule has 126 valence electrons. The number of urea groups is 1. The Labute approximate surface area is 140 Å². The first-order valence-corrected chi connectivity index (χ1v) is 7.98. The Balaban J connectivity index is 1.60. The van der Waals surface area contributed by atoms with Gasteiger partial charge in [0.2, 0.25) is 0 Å². The van der Waals surface area contributed by atoms with Crippen LogP contribution in [0.1, 0.15) is 17.3 Å². The van der Waals surface area contributed by atoms with Gasteiger partial charge in [-0.05, 0) is 31.2 Å². The van der Waals surface area contributed by atoms with Crippen LogP contribution in [0.15, 0.2) is 36.7 Å². The summed E-state index contributed by atoms with van der Waals surface area (Å²) >= 11 is 0. The fourth-order valence-electron chi connectivity index (χ4n) is 2.66. The Morgan fingerprint density at radius 1 is 1.08 bits per heavy atom. The number of aromatic nitrogens is 3. The summed E-state index contributed by atoms with van der Waals surface area (Å²) in [6.07, 6.45) is 3.35. The Morgan fingerprint density at radius 2 is 1.75 bits per heavy atom. The molecule has 2 aromatic rings. The summed E-state index contributed by atoms with van der Waals surface area (Å²) in [5, 5.41) is 10.5. The lowest BCUT2D eigenvalue weighted by Crippen LogP contribution is -2.53. The number of hydrogen-bond donors (Lipinski definition) is 1. The standard InChI is InChI=1S/C16H20N6O2/c1-2-17-16(24)21-11-9-20(10-12-21)15(23)13-3-5-14(6-4-13)22-8-7-18-19-22/h3-8H,2,9-12H2,1H3,(H,17,24). The van der Waals surface area contributed by atoms with Crippen LogP contribution in [0.25, 0.3) is 5.69 Å². The van der Waals surface area contributed by atoms with Gasteiger partial charge in [-0.15, -0.1) is 5.10 Å². The van der Waals surface area contributed by atoms with Crippen molar-refractivity contribution >= 4 is 11.9 Å². The lowest BCUT2D eigenvalue weighted by Gasteiger charge is -2.34. The molecule has 1 aliphatic heterocycles. The minimum absolute atomic E-state index is 0.0179. The van der Waals surface area contributed by atoms with E-state index in [1.807, 2.05) is 19.1 Å². The number of nitrogens with one attached hydrogen (secondary N) is 1. The van der Waals surface area contributed by atoms with Crippen molar-refractivity contribution in [3.05, 3.63) is 42.2 Å². The molecule has 1 aromatic heterocycles. The zero-order valence-corrected chi connectivity index (χ0v) is 13.6. The Kier molecular flexibility index (Phi) is 4.74. The molecule has 0 bridgehead atoms. The van der Waals surface area contributed by atoms with Crippen molar-refractivity contribution in [1.29, 1.82) is 0 Å². The summed E-state index contributed by atoms with van der Waals surface area (Å²) in [5.41, 5.74) is 1.48. The Bertz CT molecular complexity index is 690. The number of amides is 3. The Morgan fingerprint density at radius 3 is 2.33 bits per heavy atom. The van der Waals surface area contributed by atoms with Crippen molar-refractivity contribution in [2.75, 3.05) is 32.7 Å². The number of rotatable bonds is 3. The third-order valence-electron chi connectivity index (χ3n) is 3.98. The molecule has 2 heterocycles. The van der Waals surface area contributed by atoms with E-state index in [1.165, 1.54) is 0 Å². The van der Waals surface area contributed by atoms with Crippen molar-refractivity contribution in [3.63, 3.8) is 0 Å². The van der Waals surface area contributed by atoms with E-state index in [1.54, 1.807) is 39.0 Å². The second kappa shape index (κ2) is 7.12. The van der Waals surface area contributed by atoms with Crippen LogP contribution < -0.4 is 5.32 Å². The third kappa shape index (κ3) is 3.37. The summed E-state index contributed by atoms with van der Waals surface area (Å²) in [6.45, 7) is 4.68. The van der Waals surface area contributed by atoms with Gasteiger partial charge < -0.3 is 15.1 Å². The smallest absolute Gasteiger partial charge is 0.317 e. The highest BCUT2D eigenvalue weighted by Gasteiger charge is 2.24. The SMILES string of the molecule is CCNC(=O)N1CCN(C(=O)c2ccc(-n3ccnn3)cc2)CC1. The van der Waals surface area contributed by atoms with Gasteiger partial charge in [-0.1, -0.05) is 5.21 Å². The van der Waals surface area contributed by atoms with Gasteiger partial charge in [-0.2, -0.15) is 0 Å². The van der Waals surface area contributed by atoms with Crippen molar-refractivity contribution in [2.24, 2.45) is 0 Å². The number of nitrogens with zero attached hydrogens (tertiary/aromatic N) is 5. The fraction of sp³-hybridized carbons (Fsp3) is 0.375. The van der Waals surface area contributed by atoms with E-state index in [2.05, 4.69) is 15.6 Å². The van der Waals surface area contributed by atoms with Gasteiger partial charge in [0.1, 0.15) is 0 Å². The van der Waals surface area contributed by atoms with Crippen LogP contribution in [0.5, 0.6) is 0 Å². The average Bonchev–Trinajstić information content (AvgIpc) is 3.16. The normalized spacial score (nSPS) is 14.5. The lowest BCUT2D eigenvalue weighted by molar-refractivity contribution is 0.0665. The van der Waals surface area contributed by atoms with E-state index in [-0.39, 0.29) is 11.9 Å². The third-order valence-corrected chi connectivity index (χ3v) is 3.98. The van der Waals surface area contributed by atoms with Gasteiger partial charge in [0.25, 0.3) is 5.91 Å². The molecule has 1 fully saturated rings.